The number of allylic oxidation sites excluding steroid dienone is 2. The molecule has 1 fully saturated rings. The van der Waals surface area contributed by atoms with Crippen molar-refractivity contribution in [1.82, 2.24) is 0 Å². The molecule has 0 unspecified atom stereocenters. The van der Waals surface area contributed by atoms with Crippen molar-refractivity contribution in [2.75, 3.05) is 6.61 Å². The predicted molar refractivity (Wildman–Crippen MR) is 108 cm³/mol. The van der Waals surface area contributed by atoms with Crippen molar-refractivity contribution in [3.8, 4) is 17.6 Å². The van der Waals surface area contributed by atoms with E-state index in [0.29, 0.717) is 23.8 Å². The number of benzene rings is 1. The smallest absolute Gasteiger partial charge is 0.142 e. The van der Waals surface area contributed by atoms with Gasteiger partial charge in [-0.15, -0.1) is 0 Å². The zero-order valence-electron chi connectivity index (χ0n) is 16.4. The Balaban J connectivity index is 1.77. The van der Waals surface area contributed by atoms with Crippen LogP contribution in [-0.4, -0.2) is 6.61 Å². The van der Waals surface area contributed by atoms with Gasteiger partial charge in [0.15, 0.2) is 0 Å². The maximum atomic E-state index is 14.0. The molecule has 0 saturated heterocycles. The second-order valence-corrected chi connectivity index (χ2v) is 7.40. The van der Waals surface area contributed by atoms with Gasteiger partial charge in [-0.3, -0.25) is 0 Å². The molecule has 0 amide bonds. The molecule has 142 valence electrons. The van der Waals surface area contributed by atoms with Crippen LogP contribution >= 0.6 is 0 Å². The van der Waals surface area contributed by atoms with Crippen molar-refractivity contribution < 1.29 is 9.13 Å². The molecule has 0 radical (unpaired) electrons. The van der Waals surface area contributed by atoms with Crippen LogP contribution in [0.25, 0.3) is 0 Å². The molecule has 0 aromatic heterocycles. The van der Waals surface area contributed by atoms with Gasteiger partial charge < -0.3 is 4.74 Å². The maximum Gasteiger partial charge on any atom is 0.142 e. The van der Waals surface area contributed by atoms with E-state index in [9.17, 15) is 4.39 Å². The van der Waals surface area contributed by atoms with E-state index in [4.69, 9.17) is 4.74 Å². The molecule has 0 bridgehead atoms. The van der Waals surface area contributed by atoms with E-state index in [2.05, 4.69) is 24.8 Å². The van der Waals surface area contributed by atoms with Crippen molar-refractivity contribution in [1.29, 1.82) is 0 Å². The van der Waals surface area contributed by atoms with Gasteiger partial charge in [-0.25, -0.2) is 4.39 Å². The Morgan fingerprint density at radius 3 is 2.62 bits per heavy atom. The monoisotopic (exact) mass is 356 g/mol. The van der Waals surface area contributed by atoms with Crippen LogP contribution in [0.4, 0.5) is 4.39 Å². The molecule has 1 saturated carbocycles. The Morgan fingerprint density at radius 2 is 1.92 bits per heavy atom. The largest absolute Gasteiger partial charge is 0.494 e. The number of rotatable bonds is 8. The van der Waals surface area contributed by atoms with E-state index < -0.39 is 0 Å². The third-order valence-electron chi connectivity index (χ3n) is 5.18. The van der Waals surface area contributed by atoms with Crippen molar-refractivity contribution >= 4 is 0 Å². The summed E-state index contributed by atoms with van der Waals surface area (Å²) in [4.78, 5) is 0. The SMILES string of the molecule is CCCCC[C@H]1CC[C@H](C=CC#Cc2ccc(OCCC)cc2F)CC1. The lowest BCUT2D eigenvalue weighted by atomic mass is 9.79. The van der Waals surface area contributed by atoms with E-state index in [1.54, 1.807) is 12.1 Å². The first-order valence-corrected chi connectivity index (χ1v) is 10.3. The minimum atomic E-state index is -0.313. The molecular formula is C24H33FO. The molecule has 2 rings (SSSR count). The molecule has 0 heterocycles. The van der Waals surface area contributed by atoms with E-state index in [1.165, 1.54) is 57.4 Å². The molecule has 0 spiro atoms. The first-order valence-electron chi connectivity index (χ1n) is 10.3. The molecule has 0 N–H and O–H groups in total. The Labute approximate surface area is 159 Å². The maximum absolute atomic E-state index is 14.0. The Kier molecular flexibility index (Phi) is 9.32. The summed E-state index contributed by atoms with van der Waals surface area (Å²) >= 11 is 0. The Hall–Kier alpha value is -1.75. The van der Waals surface area contributed by atoms with Gasteiger partial charge in [0.25, 0.3) is 0 Å². The fourth-order valence-corrected chi connectivity index (χ4v) is 3.56. The zero-order chi connectivity index (χ0) is 18.6. The van der Waals surface area contributed by atoms with E-state index in [-0.39, 0.29) is 5.82 Å². The predicted octanol–water partition coefficient (Wildman–Crippen LogP) is 6.91. The number of hydrogen-bond acceptors (Lipinski definition) is 1. The molecule has 1 aromatic rings. The van der Waals surface area contributed by atoms with Crippen molar-refractivity contribution in [2.24, 2.45) is 11.8 Å². The number of hydrogen-bond donors (Lipinski definition) is 0. The first-order chi connectivity index (χ1) is 12.7. The summed E-state index contributed by atoms with van der Waals surface area (Å²) in [5.74, 6) is 7.73. The standard InChI is InChI=1S/C24H33FO/c1-3-5-6-9-20-12-14-21(15-13-20)10-7-8-11-22-16-17-23(19-24(22)25)26-18-4-2/h7,10,16-17,19-21H,3-6,9,12-15,18H2,1-2H3/t20-,21-. The third-order valence-corrected chi connectivity index (χ3v) is 5.18. The third kappa shape index (κ3) is 7.24. The van der Waals surface area contributed by atoms with Gasteiger partial charge in [0, 0.05) is 6.07 Å². The van der Waals surface area contributed by atoms with Gasteiger partial charge in [0.1, 0.15) is 11.6 Å². The van der Waals surface area contributed by atoms with Crippen molar-refractivity contribution in [3.63, 3.8) is 0 Å². The highest BCUT2D eigenvalue weighted by atomic mass is 19.1. The van der Waals surface area contributed by atoms with Crippen LogP contribution in [0.5, 0.6) is 5.75 Å². The molecule has 1 aliphatic carbocycles. The highest BCUT2D eigenvalue weighted by Crippen LogP contribution is 2.32. The quantitative estimate of drug-likeness (QED) is 0.363. The minimum Gasteiger partial charge on any atom is -0.494 e. The molecule has 26 heavy (non-hydrogen) atoms. The number of unbranched alkanes of at least 4 members (excludes halogenated alkanes) is 2. The van der Waals surface area contributed by atoms with Crippen LogP contribution in [0, 0.1) is 29.5 Å². The summed E-state index contributed by atoms with van der Waals surface area (Å²) in [7, 11) is 0. The Bertz CT molecular complexity index is 615. The lowest BCUT2D eigenvalue weighted by Crippen LogP contribution is -2.12. The van der Waals surface area contributed by atoms with Crippen LogP contribution in [-0.2, 0) is 0 Å². The molecule has 0 atom stereocenters. The topological polar surface area (TPSA) is 9.23 Å². The summed E-state index contributed by atoms with van der Waals surface area (Å²) in [5.41, 5.74) is 0.429. The summed E-state index contributed by atoms with van der Waals surface area (Å²) in [6.45, 7) is 4.90. The van der Waals surface area contributed by atoms with Crippen molar-refractivity contribution in [3.05, 3.63) is 41.7 Å². The number of ether oxygens (including phenoxy) is 1. The molecule has 0 aliphatic heterocycles. The lowest BCUT2D eigenvalue weighted by Gasteiger charge is -2.26. The molecule has 2 heteroatoms. The second-order valence-electron chi connectivity index (χ2n) is 7.40. The van der Waals surface area contributed by atoms with Gasteiger partial charge >= 0.3 is 0 Å². The van der Waals surface area contributed by atoms with E-state index >= 15 is 0 Å². The minimum absolute atomic E-state index is 0.313. The fourth-order valence-electron chi connectivity index (χ4n) is 3.56. The molecule has 1 nitrogen and oxygen atoms in total. The van der Waals surface area contributed by atoms with Gasteiger partial charge in [-0.1, -0.05) is 57.4 Å². The lowest BCUT2D eigenvalue weighted by molar-refractivity contribution is 0.289. The molecule has 1 aromatic carbocycles. The summed E-state index contributed by atoms with van der Waals surface area (Å²) in [6, 6.07) is 4.90. The second kappa shape index (κ2) is 11.8. The van der Waals surface area contributed by atoms with E-state index in [1.807, 2.05) is 13.0 Å². The molecule has 1 aliphatic rings. The highest BCUT2D eigenvalue weighted by Gasteiger charge is 2.18. The van der Waals surface area contributed by atoms with Gasteiger partial charge in [-0.2, -0.15) is 0 Å². The Morgan fingerprint density at radius 1 is 1.12 bits per heavy atom. The zero-order valence-corrected chi connectivity index (χ0v) is 16.4. The molecular weight excluding hydrogens is 323 g/mol. The highest BCUT2D eigenvalue weighted by molar-refractivity contribution is 5.41. The van der Waals surface area contributed by atoms with E-state index in [0.717, 1.165) is 12.3 Å². The van der Waals surface area contributed by atoms with Crippen LogP contribution in [0.15, 0.2) is 30.4 Å². The van der Waals surface area contributed by atoms with Gasteiger partial charge in [0.2, 0.25) is 0 Å². The summed E-state index contributed by atoms with van der Waals surface area (Å²) in [5, 5.41) is 0. The van der Waals surface area contributed by atoms with Crippen LogP contribution < -0.4 is 4.74 Å². The van der Waals surface area contributed by atoms with Gasteiger partial charge in [0.05, 0.1) is 12.2 Å². The average Bonchev–Trinajstić information content (AvgIpc) is 2.66. The summed E-state index contributed by atoms with van der Waals surface area (Å²) in [6.07, 6.45) is 15.7. The normalized spacial score (nSPS) is 20.0. The number of halogens is 1. The van der Waals surface area contributed by atoms with Crippen LogP contribution in [0.3, 0.4) is 0 Å². The fraction of sp³-hybridized carbons (Fsp3) is 0.583. The average molecular weight is 357 g/mol. The first kappa shape index (κ1) is 20.6. The van der Waals surface area contributed by atoms with Crippen LogP contribution in [0.1, 0.15) is 77.2 Å². The van der Waals surface area contributed by atoms with Crippen LogP contribution in [0.2, 0.25) is 0 Å². The van der Waals surface area contributed by atoms with Crippen molar-refractivity contribution in [2.45, 2.75) is 71.6 Å². The van der Waals surface area contributed by atoms with Gasteiger partial charge in [-0.05, 0) is 62.1 Å². The summed E-state index contributed by atoms with van der Waals surface area (Å²) < 4.78 is 19.5.